The third kappa shape index (κ3) is 3.64. The predicted molar refractivity (Wildman–Crippen MR) is 65.1 cm³/mol. The van der Waals surface area contributed by atoms with E-state index < -0.39 is 24.0 Å². The first-order chi connectivity index (χ1) is 7.95. The molecule has 0 unspecified atom stereocenters. The number of carbonyl (C=O) groups excluding carboxylic acids is 3. The van der Waals surface area contributed by atoms with E-state index in [1.165, 1.54) is 18.2 Å². The van der Waals surface area contributed by atoms with Crippen LogP contribution < -0.4 is 0 Å². The number of rotatable bonds is 4. The summed E-state index contributed by atoms with van der Waals surface area (Å²) in [5.74, 6) is -2.37. The predicted octanol–water partition coefficient (Wildman–Crippen LogP) is 2.42. The molecule has 1 rings (SSSR count). The average Bonchev–Trinajstić information content (AvgIpc) is 2.27. The van der Waals surface area contributed by atoms with E-state index in [0.29, 0.717) is 15.1 Å². The molecule has 6 heteroatoms. The largest absolute Gasteiger partial charge is 0.463 e. The molecule has 0 N–H and O–H groups in total. The highest BCUT2D eigenvalue weighted by molar-refractivity contribution is 9.10. The van der Waals surface area contributed by atoms with Crippen molar-refractivity contribution >= 4 is 45.1 Å². The van der Waals surface area contributed by atoms with Gasteiger partial charge in [-0.15, -0.1) is 0 Å². The van der Waals surface area contributed by atoms with Crippen LogP contribution in [0.5, 0.6) is 0 Å². The summed E-state index contributed by atoms with van der Waals surface area (Å²) < 4.78 is 4.70. The summed E-state index contributed by atoms with van der Waals surface area (Å²) >= 11 is 8.88. The van der Waals surface area contributed by atoms with Crippen molar-refractivity contribution in [3.63, 3.8) is 0 Å². The summed E-state index contributed by atoms with van der Waals surface area (Å²) in [6.07, 6.45) is -0.521. The van der Waals surface area contributed by atoms with Gasteiger partial charge in [0.05, 0.1) is 13.5 Å². The van der Waals surface area contributed by atoms with Crippen LogP contribution in [0.1, 0.15) is 16.8 Å². The molecule has 0 atom stereocenters. The maximum Gasteiger partial charge on any atom is 0.374 e. The fourth-order valence-electron chi connectivity index (χ4n) is 1.14. The van der Waals surface area contributed by atoms with E-state index in [4.69, 9.17) is 11.6 Å². The lowest BCUT2D eigenvalue weighted by Gasteiger charge is -2.03. The Morgan fingerprint density at radius 2 is 2.00 bits per heavy atom. The highest BCUT2D eigenvalue weighted by Gasteiger charge is 2.20. The Labute approximate surface area is 111 Å². The van der Waals surface area contributed by atoms with Gasteiger partial charge >= 0.3 is 5.97 Å². The van der Waals surface area contributed by atoms with Crippen molar-refractivity contribution in [1.29, 1.82) is 0 Å². The number of esters is 1. The Morgan fingerprint density at radius 3 is 2.53 bits per heavy atom. The van der Waals surface area contributed by atoms with Crippen LogP contribution in [0.4, 0.5) is 0 Å². The first kappa shape index (κ1) is 13.9. The SMILES string of the molecule is COC(=O)C(=O)CC(=O)c1ccc(Cl)cc1Br. The Hall–Kier alpha value is -1.20. The van der Waals surface area contributed by atoms with Gasteiger partial charge in [0.1, 0.15) is 0 Å². The first-order valence-corrected chi connectivity index (χ1v) is 5.72. The van der Waals surface area contributed by atoms with Crippen LogP contribution in [0.25, 0.3) is 0 Å². The molecule has 0 amide bonds. The second-order valence-corrected chi connectivity index (χ2v) is 4.43. The van der Waals surface area contributed by atoms with Gasteiger partial charge in [-0.25, -0.2) is 4.79 Å². The van der Waals surface area contributed by atoms with Gasteiger partial charge in [-0.3, -0.25) is 9.59 Å². The molecular formula is C11H8BrClO4. The fourth-order valence-corrected chi connectivity index (χ4v) is 2.05. The molecule has 0 aromatic heterocycles. The molecule has 0 spiro atoms. The molecule has 0 aliphatic heterocycles. The first-order valence-electron chi connectivity index (χ1n) is 4.55. The number of hydrogen-bond donors (Lipinski definition) is 0. The minimum absolute atomic E-state index is 0.298. The molecule has 0 aliphatic rings. The smallest absolute Gasteiger partial charge is 0.374 e. The molecule has 4 nitrogen and oxygen atoms in total. The number of methoxy groups -OCH3 is 1. The van der Waals surface area contributed by atoms with Crippen LogP contribution in [0.2, 0.25) is 5.02 Å². The molecular weight excluding hydrogens is 311 g/mol. The quantitative estimate of drug-likeness (QED) is 0.370. The van der Waals surface area contributed by atoms with E-state index in [-0.39, 0.29) is 0 Å². The summed E-state index contributed by atoms with van der Waals surface area (Å²) in [5, 5.41) is 0.465. The zero-order valence-corrected chi connectivity index (χ0v) is 11.2. The Kier molecular flexibility index (Phi) is 4.84. The molecule has 90 valence electrons. The average molecular weight is 320 g/mol. The van der Waals surface area contributed by atoms with Gasteiger partial charge in [0.25, 0.3) is 0 Å². The molecule has 0 heterocycles. The van der Waals surface area contributed by atoms with E-state index in [2.05, 4.69) is 20.7 Å². The molecule has 0 fully saturated rings. The van der Waals surface area contributed by atoms with E-state index in [9.17, 15) is 14.4 Å². The third-order valence-corrected chi connectivity index (χ3v) is 2.86. The van der Waals surface area contributed by atoms with Crippen molar-refractivity contribution in [2.75, 3.05) is 7.11 Å². The minimum Gasteiger partial charge on any atom is -0.463 e. The van der Waals surface area contributed by atoms with Crippen LogP contribution in [0.3, 0.4) is 0 Å². The zero-order chi connectivity index (χ0) is 13.0. The highest BCUT2D eigenvalue weighted by Crippen LogP contribution is 2.22. The number of benzene rings is 1. The lowest BCUT2D eigenvalue weighted by atomic mass is 10.1. The van der Waals surface area contributed by atoms with Crippen molar-refractivity contribution in [3.8, 4) is 0 Å². The lowest BCUT2D eigenvalue weighted by Crippen LogP contribution is -2.19. The standard InChI is InChI=1S/C11H8BrClO4/c1-17-11(16)10(15)5-9(14)7-3-2-6(13)4-8(7)12/h2-4H,5H2,1H3. The van der Waals surface area contributed by atoms with Crippen LogP contribution in [0, 0.1) is 0 Å². The molecule has 1 aromatic rings. The molecule has 0 aliphatic carbocycles. The third-order valence-electron chi connectivity index (χ3n) is 1.97. The maximum atomic E-state index is 11.7. The van der Waals surface area contributed by atoms with Crippen molar-refractivity contribution in [1.82, 2.24) is 0 Å². The molecule has 0 radical (unpaired) electrons. The second kappa shape index (κ2) is 5.93. The molecule has 0 saturated carbocycles. The monoisotopic (exact) mass is 318 g/mol. The van der Waals surface area contributed by atoms with Gasteiger partial charge < -0.3 is 4.74 Å². The number of ether oxygens (including phenoxy) is 1. The lowest BCUT2D eigenvalue weighted by molar-refractivity contribution is -0.151. The van der Waals surface area contributed by atoms with Crippen molar-refractivity contribution < 1.29 is 19.1 Å². The van der Waals surface area contributed by atoms with Crippen molar-refractivity contribution in [2.24, 2.45) is 0 Å². The van der Waals surface area contributed by atoms with Gasteiger partial charge in [-0.2, -0.15) is 0 Å². The van der Waals surface area contributed by atoms with Crippen molar-refractivity contribution in [3.05, 3.63) is 33.3 Å². The highest BCUT2D eigenvalue weighted by atomic mass is 79.9. The fraction of sp³-hybridized carbons (Fsp3) is 0.182. The number of carbonyl (C=O) groups is 3. The summed E-state index contributed by atoms with van der Waals surface area (Å²) in [7, 11) is 1.09. The van der Waals surface area contributed by atoms with Crippen molar-refractivity contribution in [2.45, 2.75) is 6.42 Å². The van der Waals surface area contributed by atoms with Gasteiger partial charge in [0, 0.05) is 15.1 Å². The van der Waals surface area contributed by atoms with Gasteiger partial charge in [0.2, 0.25) is 5.78 Å². The van der Waals surface area contributed by atoms with Crippen LogP contribution in [-0.2, 0) is 14.3 Å². The van der Waals surface area contributed by atoms with E-state index in [0.717, 1.165) is 7.11 Å². The molecule has 0 saturated heterocycles. The Balaban J connectivity index is 2.84. The maximum absolute atomic E-state index is 11.7. The molecule has 1 aromatic carbocycles. The number of hydrogen-bond acceptors (Lipinski definition) is 4. The number of Topliss-reactive ketones (excluding diaryl/α,β-unsaturated/α-hetero) is 2. The zero-order valence-electron chi connectivity index (χ0n) is 8.83. The normalized spacial score (nSPS) is 9.82. The van der Waals surface area contributed by atoms with Crippen LogP contribution in [-0.4, -0.2) is 24.6 Å². The Morgan fingerprint density at radius 1 is 1.35 bits per heavy atom. The summed E-state index contributed by atoms with van der Waals surface area (Å²) in [6.45, 7) is 0. The van der Waals surface area contributed by atoms with E-state index in [1.807, 2.05) is 0 Å². The van der Waals surface area contributed by atoms with Crippen LogP contribution >= 0.6 is 27.5 Å². The number of halogens is 2. The second-order valence-electron chi connectivity index (χ2n) is 3.14. The molecule has 17 heavy (non-hydrogen) atoms. The number of ketones is 2. The van der Waals surface area contributed by atoms with E-state index >= 15 is 0 Å². The summed E-state index contributed by atoms with van der Waals surface area (Å²) in [4.78, 5) is 33.8. The minimum atomic E-state index is -1.02. The topological polar surface area (TPSA) is 60.4 Å². The van der Waals surface area contributed by atoms with Crippen LogP contribution in [0.15, 0.2) is 22.7 Å². The van der Waals surface area contributed by atoms with Gasteiger partial charge in [0.15, 0.2) is 5.78 Å². The van der Waals surface area contributed by atoms with Gasteiger partial charge in [-0.05, 0) is 34.1 Å². The summed E-state index contributed by atoms with van der Waals surface area (Å²) in [6, 6.07) is 4.55. The Bertz CT molecular complexity index is 484. The summed E-state index contributed by atoms with van der Waals surface area (Å²) in [5.41, 5.74) is 0.298. The van der Waals surface area contributed by atoms with E-state index in [1.54, 1.807) is 0 Å². The van der Waals surface area contributed by atoms with Gasteiger partial charge in [-0.1, -0.05) is 11.6 Å². The molecule has 0 bridgehead atoms.